The lowest BCUT2D eigenvalue weighted by Gasteiger charge is -2.31. The van der Waals surface area contributed by atoms with Gasteiger partial charge in [-0.3, -0.25) is 10.5 Å². The van der Waals surface area contributed by atoms with Gasteiger partial charge in [-0.15, -0.1) is 12.4 Å². The summed E-state index contributed by atoms with van der Waals surface area (Å²) < 4.78 is 7.13. The molecule has 2 aliphatic heterocycles. The van der Waals surface area contributed by atoms with Gasteiger partial charge in [-0.25, -0.2) is 14.5 Å². The molecule has 0 spiro atoms. The highest BCUT2D eigenvalue weighted by Crippen LogP contribution is 2.39. The van der Waals surface area contributed by atoms with Gasteiger partial charge in [0.1, 0.15) is 12.4 Å². The lowest BCUT2D eigenvalue weighted by molar-refractivity contribution is -0.672. The number of carbonyl (C=O) groups excluding carboxylic acids is 1. The van der Waals surface area contributed by atoms with Crippen LogP contribution in [0.5, 0.6) is 5.75 Å². The molecule has 234 valence electrons. The number of nitrogens with two attached hydrogens (primary N) is 1. The lowest BCUT2D eigenvalue weighted by Crippen LogP contribution is -2.44. The number of nitrogen functional groups attached to an aromatic ring is 1. The summed E-state index contributed by atoms with van der Waals surface area (Å²) in [7, 11) is 3.86. The van der Waals surface area contributed by atoms with E-state index < -0.39 is 11.6 Å². The first-order valence-electron chi connectivity index (χ1n) is 13.8. The van der Waals surface area contributed by atoms with Crippen LogP contribution in [0.2, 0.25) is 0 Å². The molecule has 14 nitrogen and oxygen atoms in total. The van der Waals surface area contributed by atoms with Crippen molar-refractivity contribution >= 4 is 46.3 Å². The van der Waals surface area contributed by atoms with Gasteiger partial charge in [-0.05, 0) is 50.8 Å². The fourth-order valence-electron chi connectivity index (χ4n) is 5.69. The second-order valence-corrected chi connectivity index (χ2v) is 11.0. The summed E-state index contributed by atoms with van der Waals surface area (Å²) in [5.74, 6) is -0.885. The number of nitrogens with zero attached hydrogens (tertiary/aromatic N) is 6. The number of fused-ring (bicyclic) bond motifs is 6. The predicted octanol–water partition coefficient (Wildman–Crippen LogP) is 1.35. The van der Waals surface area contributed by atoms with Gasteiger partial charge in [-0.1, -0.05) is 19.1 Å². The maximum absolute atomic E-state index is 13.2. The summed E-state index contributed by atoms with van der Waals surface area (Å²) in [5.41, 5.74) is 7.65. The first kappa shape index (κ1) is 31.4. The molecule has 15 heteroatoms. The highest BCUT2D eigenvalue weighted by Gasteiger charge is 2.45. The van der Waals surface area contributed by atoms with E-state index in [1.54, 1.807) is 41.8 Å². The minimum Gasteiger partial charge on any atom is -0.739 e. The Hall–Kier alpha value is -5.05. The summed E-state index contributed by atoms with van der Waals surface area (Å²) >= 11 is 0. The molecule has 4 N–H and O–H groups in total. The Kier molecular flexibility index (Phi) is 7.99. The molecule has 5 heterocycles. The number of ether oxygens (including phenoxy) is 1. The van der Waals surface area contributed by atoms with Crippen molar-refractivity contribution in [3.8, 4) is 17.1 Å². The number of carbonyl (C=O) groups is 1. The highest BCUT2D eigenvalue weighted by atomic mass is 35.5. The van der Waals surface area contributed by atoms with Crippen molar-refractivity contribution in [3.63, 3.8) is 0 Å². The number of aromatic hydroxyl groups is 1. The molecule has 0 bridgehead atoms. The molecule has 7 rings (SSSR count). The van der Waals surface area contributed by atoms with E-state index in [0.29, 0.717) is 50.7 Å². The molecular weight excluding hydrogens is 606 g/mol. The summed E-state index contributed by atoms with van der Waals surface area (Å²) in [6.45, 7) is 2.41. The number of cyclic esters (lactones) is 1. The number of aliphatic hydroxyl groups is 1. The second kappa shape index (κ2) is 11.5. The summed E-state index contributed by atoms with van der Waals surface area (Å²) in [6.07, 6.45) is 0.104. The Morgan fingerprint density at radius 3 is 2.53 bits per heavy atom. The van der Waals surface area contributed by atoms with Crippen LogP contribution in [-0.4, -0.2) is 49.8 Å². The van der Waals surface area contributed by atoms with Crippen LogP contribution in [-0.2, 0) is 34.8 Å². The van der Waals surface area contributed by atoms with Gasteiger partial charge in [0, 0.05) is 39.5 Å². The number of hydrogen-bond acceptors (Lipinski definition) is 11. The molecule has 5 aromatic rings. The molecule has 0 unspecified atom stereocenters. The fraction of sp³-hybridized carbons (Fsp3) is 0.267. The molecule has 2 aliphatic rings. The molecule has 3 aromatic heterocycles. The minimum absolute atomic E-state index is 0. The standard InChI is InChI=1S/C23H23N3O5.C7H6N4O2.ClH/c1-4-23(30)16-8-18-20-12(9-26(18)21(28)15(16)11-31-22(23)29)7-13-14(10-25(2)3)19(27)6-5-17(13)24-20;8-7-9-11(13)6-4-2-1-3-5(6)10(7)12;/h5-8,27,30H,4,9-11H2,1-3H3;1-4H,(H2,8,9);1H/t23-;;/m0../s1. The summed E-state index contributed by atoms with van der Waals surface area (Å²) in [5, 5.41) is 47.9. The van der Waals surface area contributed by atoms with Crippen LogP contribution in [0.25, 0.3) is 33.3 Å². The number of phenols is 1. The van der Waals surface area contributed by atoms with Gasteiger partial charge in [-0.2, -0.15) is 0 Å². The van der Waals surface area contributed by atoms with Crippen LogP contribution in [0, 0.1) is 10.4 Å². The first-order chi connectivity index (χ1) is 20.9. The summed E-state index contributed by atoms with van der Waals surface area (Å²) in [6, 6.07) is 13.4. The SMILES string of the molecule is CC[C@@]1(O)C(=O)OCc2c1cc1n(c2=O)Cc2cc3c(CN(C)C)c(O)ccc3nc2-1.Cl.Nc1n[n+]([O-])c2ccccc2[n+]1[O-]. The smallest absolute Gasteiger partial charge is 0.458 e. The number of para-hydroxylation sites is 2. The third-order valence-electron chi connectivity index (χ3n) is 7.96. The molecule has 1 atom stereocenters. The van der Waals surface area contributed by atoms with Gasteiger partial charge < -0.3 is 34.8 Å². The number of benzene rings is 2. The third kappa shape index (κ3) is 5.02. The zero-order chi connectivity index (χ0) is 31.5. The van der Waals surface area contributed by atoms with Crippen molar-refractivity contribution < 1.29 is 29.3 Å². The number of halogens is 1. The molecule has 0 aliphatic carbocycles. The number of esters is 1. The minimum atomic E-state index is -1.84. The number of rotatable bonds is 3. The maximum Gasteiger partial charge on any atom is 0.458 e. The quantitative estimate of drug-likeness (QED) is 0.144. The average Bonchev–Trinajstić information content (AvgIpc) is 3.37. The van der Waals surface area contributed by atoms with Crippen LogP contribution in [0.15, 0.2) is 53.3 Å². The Labute approximate surface area is 262 Å². The monoisotopic (exact) mass is 635 g/mol. The second-order valence-electron chi connectivity index (χ2n) is 11.0. The number of hydrogen-bond donors (Lipinski definition) is 3. The Morgan fingerprint density at radius 1 is 1.13 bits per heavy atom. The topological polar surface area (TPSA) is 198 Å². The zero-order valence-electron chi connectivity index (χ0n) is 24.6. The van der Waals surface area contributed by atoms with Crippen molar-refractivity contribution in [2.24, 2.45) is 0 Å². The van der Waals surface area contributed by atoms with Gasteiger partial charge in [0.2, 0.25) is 5.10 Å². The normalized spacial score (nSPS) is 16.3. The van der Waals surface area contributed by atoms with E-state index >= 15 is 0 Å². The third-order valence-corrected chi connectivity index (χ3v) is 7.96. The fourth-order valence-corrected chi connectivity index (χ4v) is 5.69. The summed E-state index contributed by atoms with van der Waals surface area (Å²) in [4.78, 5) is 32.6. The van der Waals surface area contributed by atoms with Crippen molar-refractivity contribution in [2.75, 3.05) is 19.8 Å². The predicted molar refractivity (Wildman–Crippen MR) is 165 cm³/mol. The lowest BCUT2D eigenvalue weighted by atomic mass is 9.86. The molecule has 0 radical (unpaired) electrons. The van der Waals surface area contributed by atoms with Crippen LogP contribution in [0.4, 0.5) is 5.95 Å². The largest absolute Gasteiger partial charge is 0.739 e. The van der Waals surface area contributed by atoms with Crippen molar-refractivity contribution in [2.45, 2.75) is 38.6 Å². The van der Waals surface area contributed by atoms with Gasteiger partial charge in [0.15, 0.2) is 11.1 Å². The molecule has 0 fully saturated rings. The molecule has 0 saturated carbocycles. The van der Waals surface area contributed by atoms with Crippen molar-refractivity contribution in [1.82, 2.24) is 19.5 Å². The number of aromatic nitrogens is 5. The van der Waals surface area contributed by atoms with Gasteiger partial charge >= 0.3 is 11.9 Å². The van der Waals surface area contributed by atoms with Gasteiger partial charge in [0.05, 0.1) is 29.0 Å². The van der Waals surface area contributed by atoms with Gasteiger partial charge in [0.25, 0.3) is 11.1 Å². The Balaban J connectivity index is 0.000000240. The number of phenolic OH excluding ortho intramolecular Hbond substituents is 1. The van der Waals surface area contributed by atoms with Crippen LogP contribution in [0.1, 0.15) is 35.6 Å². The average molecular weight is 636 g/mol. The van der Waals surface area contributed by atoms with E-state index in [0.717, 1.165) is 16.5 Å². The number of anilines is 1. The van der Waals surface area contributed by atoms with Crippen molar-refractivity contribution in [3.05, 3.63) is 91.6 Å². The number of pyridine rings is 2. The van der Waals surface area contributed by atoms with E-state index in [4.69, 9.17) is 15.5 Å². The highest BCUT2D eigenvalue weighted by molar-refractivity contribution is 5.89. The molecule has 0 amide bonds. The van der Waals surface area contributed by atoms with E-state index in [-0.39, 0.29) is 53.7 Å². The van der Waals surface area contributed by atoms with Crippen LogP contribution < -0.4 is 20.9 Å². The first-order valence-corrected chi connectivity index (χ1v) is 13.8. The molecule has 45 heavy (non-hydrogen) atoms. The van der Waals surface area contributed by atoms with Crippen LogP contribution >= 0.6 is 12.4 Å². The zero-order valence-corrected chi connectivity index (χ0v) is 25.4. The Bertz CT molecular complexity index is 2070. The van der Waals surface area contributed by atoms with E-state index in [2.05, 4.69) is 5.10 Å². The van der Waals surface area contributed by atoms with E-state index in [1.165, 1.54) is 12.1 Å². The van der Waals surface area contributed by atoms with E-state index in [9.17, 15) is 30.2 Å². The molecular formula is C30H30ClN7O7. The van der Waals surface area contributed by atoms with Crippen molar-refractivity contribution in [1.29, 1.82) is 0 Å². The molecule has 2 aromatic carbocycles. The van der Waals surface area contributed by atoms with E-state index in [1.807, 2.05) is 25.1 Å². The molecule has 0 saturated heterocycles. The Morgan fingerprint density at radius 2 is 1.84 bits per heavy atom. The maximum atomic E-state index is 13.2. The van der Waals surface area contributed by atoms with Crippen LogP contribution in [0.3, 0.4) is 0 Å².